The van der Waals surface area contributed by atoms with Gasteiger partial charge in [-0.2, -0.15) is 0 Å². The summed E-state index contributed by atoms with van der Waals surface area (Å²) in [7, 11) is -4.61. The van der Waals surface area contributed by atoms with Crippen LogP contribution in [0.25, 0.3) is 56.5 Å². The minimum Gasteiger partial charge on any atom is -0.290 e. The molecule has 10 rings (SSSR count). The van der Waals surface area contributed by atoms with Crippen molar-refractivity contribution in [3.8, 4) is 34.2 Å². The van der Waals surface area contributed by atoms with Gasteiger partial charge in [0.1, 0.15) is 11.6 Å². The zero-order chi connectivity index (χ0) is 54.1. The Labute approximate surface area is 454 Å². The summed E-state index contributed by atoms with van der Waals surface area (Å²) in [5.41, 5.74) is 2.76. The Bertz CT molecular complexity index is 4300. The molecular weight excluding hydrogens is 1150 g/mol. The number of benzene rings is 6. The molecule has 0 spiro atoms. The Balaban J connectivity index is 0.000000170. The van der Waals surface area contributed by atoms with Crippen LogP contribution in [0.3, 0.4) is 0 Å². The predicted octanol–water partition coefficient (Wildman–Crippen LogP) is 8.17. The van der Waals surface area contributed by atoms with Crippen molar-refractivity contribution >= 4 is 105 Å². The lowest BCUT2D eigenvalue weighted by atomic mass is 10.2. The number of H-pyrrole nitrogens is 1. The van der Waals surface area contributed by atoms with E-state index in [0.717, 1.165) is 14.7 Å². The highest BCUT2D eigenvalue weighted by atomic mass is 79.9. The third kappa shape index (κ3) is 11.5. The molecule has 0 aliphatic heterocycles. The minimum atomic E-state index is -3.87. The van der Waals surface area contributed by atoms with Crippen LogP contribution >= 0.6 is 62.3 Å². The van der Waals surface area contributed by atoms with Gasteiger partial charge in [0.25, 0.3) is 11.1 Å². The van der Waals surface area contributed by atoms with Crippen molar-refractivity contribution in [3.63, 3.8) is 0 Å². The van der Waals surface area contributed by atoms with Crippen LogP contribution in [0, 0.1) is 0 Å². The maximum atomic E-state index is 13.4. The first kappa shape index (κ1) is 54.3. The minimum absolute atomic E-state index is 0.0218. The van der Waals surface area contributed by atoms with Crippen molar-refractivity contribution in [2.75, 3.05) is 0 Å². The smallest absolute Gasteiger partial charge is 0.290 e. The number of nitrogens with zero attached hydrogens (tertiary/aromatic N) is 7. The van der Waals surface area contributed by atoms with Gasteiger partial charge >= 0.3 is 11.4 Å². The lowest BCUT2D eigenvalue weighted by Crippen LogP contribution is -2.39. The molecule has 4 aromatic heterocycles. The van der Waals surface area contributed by atoms with E-state index >= 15 is 0 Å². The number of fused-ring (bicyclic) bond motifs is 2. The van der Waals surface area contributed by atoms with Crippen LogP contribution in [-0.2, 0) is 46.0 Å². The number of aromatic nitrogens is 8. The first-order valence-corrected chi connectivity index (χ1v) is 27.5. The summed E-state index contributed by atoms with van der Waals surface area (Å²) in [5.74, 6) is 0.816. The van der Waals surface area contributed by atoms with E-state index in [9.17, 15) is 36.0 Å². The van der Waals surface area contributed by atoms with Gasteiger partial charge in [0.2, 0.25) is 20.0 Å². The number of aromatic amines is 1. The van der Waals surface area contributed by atoms with Crippen LogP contribution in [0.2, 0.25) is 20.1 Å². The zero-order valence-corrected chi connectivity index (χ0v) is 45.3. The number of hydrogen-bond acceptors (Lipinski definition) is 10. The average Bonchev–Trinajstić information content (AvgIpc) is 3.97. The maximum Gasteiger partial charge on any atom is 0.332 e. The summed E-state index contributed by atoms with van der Waals surface area (Å²) in [6, 6.07) is 40.3. The fourth-order valence-corrected chi connectivity index (χ4v) is 9.75. The second-order valence-electron chi connectivity index (χ2n) is 16.4. The van der Waals surface area contributed by atoms with Crippen molar-refractivity contribution < 1.29 is 16.8 Å². The molecule has 18 nitrogen and oxygen atoms in total. The molecule has 5 N–H and O–H groups in total. The van der Waals surface area contributed by atoms with Crippen molar-refractivity contribution in [2.24, 2.45) is 24.4 Å². The van der Waals surface area contributed by atoms with Crippen molar-refractivity contribution in [1.29, 1.82) is 0 Å². The largest absolute Gasteiger partial charge is 0.332 e. The molecule has 0 aliphatic carbocycles. The van der Waals surface area contributed by atoms with Crippen LogP contribution < -0.4 is 32.8 Å². The highest BCUT2D eigenvalue weighted by Gasteiger charge is 2.25. The number of alkyl halides is 1. The quantitative estimate of drug-likeness (QED) is 0.117. The van der Waals surface area contributed by atoms with Gasteiger partial charge in [-0.1, -0.05) is 111 Å². The third-order valence-electron chi connectivity index (χ3n) is 11.5. The van der Waals surface area contributed by atoms with Crippen LogP contribution in [0.4, 0.5) is 0 Å². The number of rotatable bonds is 9. The first-order valence-electron chi connectivity index (χ1n) is 21.8. The summed E-state index contributed by atoms with van der Waals surface area (Å²) in [5, 5.41) is 12.8. The Morgan fingerprint density at radius 1 is 0.547 bits per heavy atom. The lowest BCUT2D eigenvalue weighted by Gasteiger charge is -2.12. The number of primary sulfonamides is 2. The summed E-state index contributed by atoms with van der Waals surface area (Å²) >= 11 is 28.2. The van der Waals surface area contributed by atoms with E-state index in [-0.39, 0.29) is 38.7 Å². The second kappa shape index (κ2) is 22.1. The summed E-state index contributed by atoms with van der Waals surface area (Å²) in [6.07, 6.45) is 0. The zero-order valence-electron chi connectivity index (χ0n) is 39.0. The number of halogens is 5. The Morgan fingerprint density at radius 3 is 1.43 bits per heavy atom. The number of nitrogens with two attached hydrogens (primary N) is 2. The van der Waals surface area contributed by atoms with Gasteiger partial charge in [-0.05, 0) is 108 Å². The molecule has 4 heterocycles. The Kier molecular flexibility index (Phi) is 16.0. The number of hydrogen-bond donors (Lipinski definition) is 3. The standard InChI is InChI=1S/C25H19Cl2N5O4S.C18H12Cl2N4O2.C7H8BrNO2S/c1-30-24(33)21-23(31(25(30)34)14-15-6-12-18(13-7-15)37(28,35)36)29-22(19-4-2-3-5-20(19)27)32(21)17-10-8-16(26)9-11-17;1-23-17(25)14-15(22-18(23)26)21-16(12-4-2-3-5-13(12)20)24(14)11-8-6-10(19)7-9-11;8-5-6-1-3-7(4-2-6)12(9,10)11/h2-13H,14H2,1H3,(H2,28,35,36);2-9H,1H3,(H,22,26);1-4H,5H2,(H2,9,10,11). The van der Waals surface area contributed by atoms with Gasteiger partial charge < -0.3 is 0 Å². The van der Waals surface area contributed by atoms with E-state index in [1.54, 1.807) is 118 Å². The van der Waals surface area contributed by atoms with E-state index in [1.165, 1.54) is 42.9 Å². The van der Waals surface area contributed by atoms with Crippen LogP contribution in [0.15, 0.2) is 175 Å². The highest BCUT2D eigenvalue weighted by Crippen LogP contribution is 2.33. The van der Waals surface area contributed by atoms with E-state index in [2.05, 4.69) is 25.9 Å². The molecule has 0 fully saturated rings. The predicted molar refractivity (Wildman–Crippen MR) is 296 cm³/mol. The van der Waals surface area contributed by atoms with Gasteiger partial charge in [0.15, 0.2) is 22.3 Å². The molecule has 0 saturated carbocycles. The van der Waals surface area contributed by atoms with Gasteiger partial charge in [-0.15, -0.1) is 0 Å². The Hall–Kier alpha value is -6.92. The summed E-state index contributed by atoms with van der Waals surface area (Å²) in [6.45, 7) is 0.0218. The summed E-state index contributed by atoms with van der Waals surface area (Å²) < 4.78 is 51.5. The summed E-state index contributed by atoms with van der Waals surface area (Å²) in [4.78, 5) is 63.4. The Morgan fingerprint density at radius 2 is 0.973 bits per heavy atom. The molecule has 6 aromatic carbocycles. The van der Waals surface area contributed by atoms with E-state index in [1.807, 2.05) is 12.1 Å². The number of sulfonamides is 2. The second-order valence-corrected chi connectivity index (χ2v) is 21.7. The van der Waals surface area contributed by atoms with Crippen LogP contribution in [0.1, 0.15) is 11.1 Å². The molecule has 25 heteroatoms. The lowest BCUT2D eigenvalue weighted by molar-refractivity contribution is 0.596. The number of imidazole rings is 2. The molecule has 0 atom stereocenters. The molecule has 75 heavy (non-hydrogen) atoms. The maximum absolute atomic E-state index is 13.4. The highest BCUT2D eigenvalue weighted by molar-refractivity contribution is 9.08. The fourth-order valence-electron chi connectivity index (χ4n) is 7.65. The van der Waals surface area contributed by atoms with Gasteiger partial charge in [-0.25, -0.2) is 46.7 Å². The third-order valence-corrected chi connectivity index (χ3v) is 15.1. The van der Waals surface area contributed by atoms with Crippen molar-refractivity contribution in [1.82, 2.24) is 37.8 Å². The molecule has 384 valence electrons. The van der Waals surface area contributed by atoms with E-state index < -0.39 is 42.5 Å². The van der Waals surface area contributed by atoms with E-state index in [4.69, 9.17) is 61.7 Å². The average molecular weight is 1190 g/mol. The molecule has 0 radical (unpaired) electrons. The van der Waals surface area contributed by atoms with Gasteiger partial charge in [-0.3, -0.25) is 37.4 Å². The molecule has 0 unspecified atom stereocenters. The fraction of sp³-hybridized carbons (Fsp3) is 0.0800. The van der Waals surface area contributed by atoms with Crippen molar-refractivity contribution in [2.45, 2.75) is 21.7 Å². The molecule has 0 aliphatic rings. The first-order chi connectivity index (χ1) is 35.6. The van der Waals surface area contributed by atoms with Crippen molar-refractivity contribution in [3.05, 3.63) is 218 Å². The molecule has 0 bridgehead atoms. The molecule has 0 saturated heterocycles. The topological polar surface area (TPSA) is 255 Å². The van der Waals surface area contributed by atoms with E-state index in [0.29, 0.717) is 65.1 Å². The van der Waals surface area contributed by atoms with Gasteiger partial charge in [0, 0.05) is 52.0 Å². The normalized spacial score (nSPS) is 11.5. The monoisotopic (exact) mass is 1190 g/mol. The van der Waals surface area contributed by atoms with Crippen LogP contribution in [0.5, 0.6) is 0 Å². The SMILES string of the molecule is Cn1c(=O)[nH]c2nc(-c3ccccc3Cl)n(-c3ccc(Cl)cc3)c2c1=O.Cn1c(=O)c2c(nc(-c3ccccc3Cl)n2-c2ccc(Cl)cc2)n(Cc2ccc(S(N)(=O)=O)cc2)c1=O.NS(=O)(=O)c1ccc(CBr)cc1. The van der Waals surface area contributed by atoms with Gasteiger partial charge in [0.05, 0.1) is 26.4 Å². The molecular formula is C50H39BrCl4N10O8S2. The van der Waals surface area contributed by atoms with Crippen LogP contribution in [-0.4, -0.2) is 54.6 Å². The molecule has 10 aromatic rings. The number of nitrogens with one attached hydrogen (secondary N) is 1. The molecule has 0 amide bonds.